The van der Waals surface area contributed by atoms with Crippen molar-refractivity contribution in [3.63, 3.8) is 0 Å². The minimum atomic E-state index is -1.55. The Bertz CT molecular complexity index is 1810. The van der Waals surface area contributed by atoms with Gasteiger partial charge in [0.1, 0.15) is 17.6 Å². The molecule has 14 heteroatoms. The van der Waals surface area contributed by atoms with Gasteiger partial charge in [0, 0.05) is 23.3 Å². The van der Waals surface area contributed by atoms with Crippen LogP contribution in [0, 0.1) is 23.1 Å². The third-order valence-corrected chi connectivity index (χ3v) is 6.83. The molecule has 0 saturated carbocycles. The normalized spacial score (nSPS) is 15.2. The van der Waals surface area contributed by atoms with Gasteiger partial charge < -0.3 is 15.4 Å². The van der Waals surface area contributed by atoms with E-state index in [2.05, 4.69) is 37.5 Å². The van der Waals surface area contributed by atoms with Crippen LogP contribution in [0.3, 0.4) is 0 Å². The van der Waals surface area contributed by atoms with E-state index in [0.717, 1.165) is 12.3 Å². The minimum Gasteiger partial charge on any atom is -0.374 e. The van der Waals surface area contributed by atoms with Gasteiger partial charge in [-0.2, -0.15) is 9.65 Å². The van der Waals surface area contributed by atoms with Gasteiger partial charge in [0.15, 0.2) is 11.5 Å². The van der Waals surface area contributed by atoms with Crippen LogP contribution in [0.1, 0.15) is 24.2 Å². The number of benzene rings is 1. The SMILES string of the molecule is C=C(/C=C\C(F)=C/C)[C@H](Nc1cc(Cl)c2ncc(C#N)c(Nc3cnc(F)c(F)c3)c2c1)c1cn(CC2(F)COC2)nn1. The maximum atomic E-state index is 14.6. The second kappa shape index (κ2) is 12.2. The molecular formula is C29H23ClF4N8O. The second-order valence-electron chi connectivity index (χ2n) is 9.78. The number of hydrogen-bond acceptors (Lipinski definition) is 8. The summed E-state index contributed by atoms with van der Waals surface area (Å²) in [5.41, 5.74) is 0.315. The van der Waals surface area contributed by atoms with Crippen molar-refractivity contribution in [2.24, 2.45) is 0 Å². The minimum absolute atomic E-state index is 0.0484. The molecule has 4 heterocycles. The molecule has 1 aromatic carbocycles. The summed E-state index contributed by atoms with van der Waals surface area (Å²) in [4.78, 5) is 7.66. The fourth-order valence-electron chi connectivity index (χ4n) is 4.33. The number of allylic oxidation sites excluding steroid dienone is 3. The zero-order chi connectivity index (χ0) is 30.7. The van der Waals surface area contributed by atoms with Crippen LogP contribution < -0.4 is 10.6 Å². The van der Waals surface area contributed by atoms with Gasteiger partial charge in [-0.15, -0.1) is 5.10 Å². The molecule has 0 spiro atoms. The quantitative estimate of drug-likeness (QED) is 0.117. The third-order valence-electron chi connectivity index (χ3n) is 6.54. The summed E-state index contributed by atoms with van der Waals surface area (Å²) in [7, 11) is 0. The van der Waals surface area contributed by atoms with Gasteiger partial charge in [-0.3, -0.25) is 4.98 Å². The molecule has 0 aliphatic carbocycles. The highest BCUT2D eigenvalue weighted by Crippen LogP contribution is 2.37. The molecule has 43 heavy (non-hydrogen) atoms. The number of ether oxygens (including phenoxy) is 1. The van der Waals surface area contributed by atoms with E-state index >= 15 is 0 Å². The summed E-state index contributed by atoms with van der Waals surface area (Å²) in [5, 5.41) is 24.7. The number of anilines is 3. The Morgan fingerprint density at radius 3 is 2.70 bits per heavy atom. The van der Waals surface area contributed by atoms with E-state index in [1.165, 1.54) is 29.1 Å². The van der Waals surface area contributed by atoms with Crippen molar-refractivity contribution in [3.8, 4) is 6.07 Å². The van der Waals surface area contributed by atoms with E-state index in [1.807, 2.05) is 6.07 Å². The van der Waals surface area contributed by atoms with Gasteiger partial charge in [-0.05, 0) is 30.7 Å². The fourth-order valence-corrected chi connectivity index (χ4v) is 4.59. The van der Waals surface area contributed by atoms with Crippen molar-refractivity contribution in [3.05, 3.63) is 101 Å². The molecule has 4 aromatic rings. The number of aromatic nitrogens is 5. The molecule has 5 rings (SSSR count). The average Bonchev–Trinajstić information content (AvgIpc) is 3.43. The zero-order valence-electron chi connectivity index (χ0n) is 22.6. The van der Waals surface area contributed by atoms with Crippen LogP contribution in [0.4, 0.5) is 34.6 Å². The van der Waals surface area contributed by atoms with Crippen LogP contribution in [0.5, 0.6) is 0 Å². The molecule has 0 radical (unpaired) electrons. The molecule has 1 saturated heterocycles. The number of alkyl halides is 1. The van der Waals surface area contributed by atoms with E-state index in [0.29, 0.717) is 27.9 Å². The summed E-state index contributed by atoms with van der Waals surface area (Å²) in [6.45, 7) is 5.44. The lowest BCUT2D eigenvalue weighted by atomic mass is 10.0. The number of rotatable bonds is 10. The first-order valence-electron chi connectivity index (χ1n) is 12.8. The Labute approximate surface area is 248 Å². The lowest BCUT2D eigenvalue weighted by molar-refractivity contribution is -0.138. The molecule has 0 amide bonds. The third kappa shape index (κ3) is 6.50. The molecule has 2 N–H and O–H groups in total. The lowest BCUT2D eigenvalue weighted by Crippen LogP contribution is -2.48. The van der Waals surface area contributed by atoms with Crippen LogP contribution in [0.15, 0.2) is 73.0 Å². The predicted octanol–water partition coefficient (Wildman–Crippen LogP) is 6.65. The number of hydrogen-bond donors (Lipinski definition) is 2. The highest BCUT2D eigenvalue weighted by molar-refractivity contribution is 6.36. The first-order valence-corrected chi connectivity index (χ1v) is 13.2. The second-order valence-corrected chi connectivity index (χ2v) is 10.2. The van der Waals surface area contributed by atoms with Crippen molar-refractivity contribution in [2.75, 3.05) is 23.8 Å². The number of nitrogens with one attached hydrogen (secondary N) is 2. The predicted molar refractivity (Wildman–Crippen MR) is 153 cm³/mol. The Hall–Kier alpha value is -4.80. The number of halogens is 5. The van der Waals surface area contributed by atoms with Gasteiger partial charge in [0.2, 0.25) is 5.95 Å². The summed E-state index contributed by atoms with van der Waals surface area (Å²) >= 11 is 6.59. The van der Waals surface area contributed by atoms with Crippen molar-refractivity contribution >= 4 is 39.6 Å². The first kappa shape index (κ1) is 29.7. The highest BCUT2D eigenvalue weighted by atomic mass is 35.5. The first-order chi connectivity index (χ1) is 20.6. The van der Waals surface area contributed by atoms with Gasteiger partial charge in [-0.1, -0.05) is 35.5 Å². The van der Waals surface area contributed by atoms with Crippen LogP contribution in [0.25, 0.3) is 10.9 Å². The number of nitrogens with zero attached hydrogens (tertiary/aromatic N) is 6. The zero-order valence-corrected chi connectivity index (χ0v) is 23.3. The Kier molecular flexibility index (Phi) is 8.43. The number of pyridine rings is 2. The summed E-state index contributed by atoms with van der Waals surface area (Å²) in [6.07, 6.45) is 7.90. The van der Waals surface area contributed by atoms with Gasteiger partial charge in [-0.25, -0.2) is 22.8 Å². The molecule has 1 atom stereocenters. The Balaban J connectivity index is 1.54. The number of fused-ring (bicyclic) bond motifs is 1. The maximum Gasteiger partial charge on any atom is 0.249 e. The molecule has 3 aromatic heterocycles. The van der Waals surface area contributed by atoms with Crippen LogP contribution in [-0.2, 0) is 11.3 Å². The molecule has 1 fully saturated rings. The smallest absolute Gasteiger partial charge is 0.249 e. The maximum absolute atomic E-state index is 14.6. The molecular weight excluding hydrogens is 588 g/mol. The van der Waals surface area contributed by atoms with Crippen molar-refractivity contribution in [1.29, 1.82) is 5.26 Å². The molecule has 220 valence electrons. The van der Waals surface area contributed by atoms with E-state index < -0.39 is 29.3 Å². The van der Waals surface area contributed by atoms with Crippen molar-refractivity contribution < 1.29 is 22.3 Å². The molecule has 0 bridgehead atoms. The highest BCUT2D eigenvalue weighted by Gasteiger charge is 2.39. The van der Waals surface area contributed by atoms with Gasteiger partial charge in [0.25, 0.3) is 0 Å². The van der Waals surface area contributed by atoms with Crippen LogP contribution in [-0.4, -0.2) is 43.8 Å². The summed E-state index contributed by atoms with van der Waals surface area (Å²) < 4.78 is 62.2. The monoisotopic (exact) mass is 610 g/mol. The lowest BCUT2D eigenvalue weighted by Gasteiger charge is -2.33. The molecule has 1 aliphatic heterocycles. The number of nitriles is 1. The van der Waals surface area contributed by atoms with Crippen LogP contribution >= 0.6 is 11.6 Å². The van der Waals surface area contributed by atoms with E-state index in [9.17, 15) is 22.8 Å². The van der Waals surface area contributed by atoms with Crippen molar-refractivity contribution in [2.45, 2.75) is 25.2 Å². The van der Waals surface area contributed by atoms with E-state index in [1.54, 1.807) is 25.3 Å². The van der Waals surface area contributed by atoms with Crippen molar-refractivity contribution in [1.82, 2.24) is 25.0 Å². The van der Waals surface area contributed by atoms with Gasteiger partial charge >= 0.3 is 0 Å². The standard InChI is InChI=1S/C29H23ClF4N8O/c1-3-18(31)5-4-16(2)25(24-12-42(41-40-24)13-29(34)14-43-15-29)38-19-6-21-26(39-20-8-23(32)28(33)37-11-20)17(9-35)10-36-27(21)22(30)7-19/h3-8,10-12,25,38H,2,13-15H2,1H3,(H,36,39)/b5-4-,18-3+/t25-/m0/s1. The molecule has 9 nitrogen and oxygen atoms in total. The molecule has 0 unspecified atom stereocenters. The Morgan fingerprint density at radius 1 is 1.23 bits per heavy atom. The van der Waals surface area contributed by atoms with E-state index in [-0.39, 0.29) is 41.7 Å². The summed E-state index contributed by atoms with van der Waals surface area (Å²) in [6, 6.07) is 5.35. The average molecular weight is 611 g/mol. The van der Waals surface area contributed by atoms with E-state index in [4.69, 9.17) is 16.3 Å². The van der Waals surface area contributed by atoms with Gasteiger partial charge in [0.05, 0.1) is 65.7 Å². The Morgan fingerprint density at radius 2 is 2.02 bits per heavy atom. The van der Waals surface area contributed by atoms with Crippen LogP contribution in [0.2, 0.25) is 5.02 Å². The molecule has 1 aliphatic rings. The largest absolute Gasteiger partial charge is 0.374 e. The summed E-state index contributed by atoms with van der Waals surface area (Å²) in [5.74, 6) is -2.93. The fraction of sp³-hybridized carbons (Fsp3) is 0.207. The topological polar surface area (TPSA) is 114 Å².